The highest BCUT2D eigenvalue weighted by molar-refractivity contribution is 7.89. The van der Waals surface area contributed by atoms with Crippen molar-refractivity contribution in [3.63, 3.8) is 0 Å². The van der Waals surface area contributed by atoms with E-state index >= 15 is 0 Å². The largest absolute Gasteiger partial charge is 0.495 e. The van der Waals surface area contributed by atoms with Gasteiger partial charge in [0.25, 0.3) is 5.91 Å². The SMILES string of the molecule is COc1ccc(C(=O)Nc2cc(C)ccc2C)cc1S(=O)(=O)N1CCCC[C@@H]1C. The van der Waals surface area contributed by atoms with Gasteiger partial charge < -0.3 is 10.1 Å². The number of amides is 1. The van der Waals surface area contributed by atoms with Crippen LogP contribution in [0.2, 0.25) is 0 Å². The molecular weight excluding hydrogens is 388 g/mol. The molecule has 156 valence electrons. The van der Waals surface area contributed by atoms with Gasteiger partial charge in [-0.05, 0) is 69.0 Å². The van der Waals surface area contributed by atoms with Gasteiger partial charge in [-0.3, -0.25) is 4.79 Å². The molecule has 29 heavy (non-hydrogen) atoms. The van der Waals surface area contributed by atoms with E-state index in [0.717, 1.165) is 30.4 Å². The molecule has 0 saturated carbocycles. The number of anilines is 1. The lowest BCUT2D eigenvalue weighted by molar-refractivity contribution is 0.102. The molecular formula is C22H28N2O4S. The van der Waals surface area contributed by atoms with Gasteiger partial charge in [-0.15, -0.1) is 0 Å². The lowest BCUT2D eigenvalue weighted by atomic mass is 10.1. The highest BCUT2D eigenvalue weighted by Gasteiger charge is 2.33. The molecule has 0 bridgehead atoms. The second-order valence-electron chi connectivity index (χ2n) is 7.60. The van der Waals surface area contributed by atoms with Crippen LogP contribution in [0.3, 0.4) is 0 Å². The molecule has 0 aromatic heterocycles. The molecule has 0 aliphatic carbocycles. The molecule has 1 fully saturated rings. The number of sulfonamides is 1. The highest BCUT2D eigenvalue weighted by atomic mass is 32.2. The Bertz CT molecular complexity index is 1020. The van der Waals surface area contributed by atoms with Gasteiger partial charge in [0, 0.05) is 23.8 Å². The van der Waals surface area contributed by atoms with Crippen LogP contribution in [0.15, 0.2) is 41.3 Å². The average Bonchev–Trinajstić information content (AvgIpc) is 2.70. The van der Waals surface area contributed by atoms with Crippen molar-refractivity contribution in [1.29, 1.82) is 0 Å². The van der Waals surface area contributed by atoms with Crippen LogP contribution in [0, 0.1) is 13.8 Å². The first kappa shape index (κ1) is 21.3. The van der Waals surface area contributed by atoms with Crippen LogP contribution in [0.4, 0.5) is 5.69 Å². The topological polar surface area (TPSA) is 75.7 Å². The summed E-state index contributed by atoms with van der Waals surface area (Å²) < 4.78 is 33.5. The minimum Gasteiger partial charge on any atom is -0.495 e. The van der Waals surface area contributed by atoms with Gasteiger partial charge >= 0.3 is 0 Å². The lowest BCUT2D eigenvalue weighted by Gasteiger charge is -2.32. The molecule has 1 aliphatic rings. The third-order valence-electron chi connectivity index (χ3n) is 5.40. The molecule has 0 radical (unpaired) electrons. The van der Waals surface area contributed by atoms with E-state index in [0.29, 0.717) is 12.2 Å². The molecule has 1 amide bonds. The number of nitrogens with one attached hydrogen (secondary N) is 1. The maximum absolute atomic E-state index is 13.3. The molecule has 6 nitrogen and oxygen atoms in total. The van der Waals surface area contributed by atoms with Crippen molar-refractivity contribution in [3.05, 3.63) is 53.1 Å². The Hall–Kier alpha value is -2.38. The number of piperidine rings is 1. The smallest absolute Gasteiger partial charge is 0.255 e. The molecule has 1 heterocycles. The standard InChI is InChI=1S/C22H28N2O4S/c1-15-8-9-16(2)19(13-15)23-22(25)18-10-11-20(28-4)21(14-18)29(26,27)24-12-6-5-7-17(24)3/h8-11,13-14,17H,5-7,12H2,1-4H3,(H,23,25)/t17-/m0/s1. The van der Waals surface area contributed by atoms with Crippen molar-refractivity contribution in [2.45, 2.75) is 51.0 Å². The summed E-state index contributed by atoms with van der Waals surface area (Å²) in [7, 11) is -2.34. The summed E-state index contributed by atoms with van der Waals surface area (Å²) in [6, 6.07) is 10.3. The van der Waals surface area contributed by atoms with E-state index in [1.807, 2.05) is 39.0 Å². The van der Waals surface area contributed by atoms with Crippen molar-refractivity contribution in [2.75, 3.05) is 19.0 Å². The summed E-state index contributed by atoms with van der Waals surface area (Å²) >= 11 is 0. The number of methoxy groups -OCH3 is 1. The van der Waals surface area contributed by atoms with Crippen LogP contribution in [-0.2, 0) is 10.0 Å². The lowest BCUT2D eigenvalue weighted by Crippen LogP contribution is -2.42. The zero-order chi connectivity index (χ0) is 21.2. The number of hydrogen-bond acceptors (Lipinski definition) is 4. The molecule has 2 aromatic rings. The van der Waals surface area contributed by atoms with E-state index in [1.54, 1.807) is 12.1 Å². The minimum atomic E-state index is -3.77. The zero-order valence-electron chi connectivity index (χ0n) is 17.4. The van der Waals surface area contributed by atoms with E-state index in [1.165, 1.54) is 17.5 Å². The van der Waals surface area contributed by atoms with Crippen molar-refractivity contribution in [2.24, 2.45) is 0 Å². The van der Waals surface area contributed by atoms with Crippen molar-refractivity contribution < 1.29 is 17.9 Å². The fourth-order valence-corrected chi connectivity index (χ4v) is 5.52. The van der Waals surface area contributed by atoms with E-state index in [2.05, 4.69) is 5.32 Å². The molecule has 0 spiro atoms. The number of aryl methyl sites for hydroxylation is 2. The fraction of sp³-hybridized carbons (Fsp3) is 0.409. The number of nitrogens with zero attached hydrogens (tertiary/aromatic N) is 1. The number of hydrogen-bond donors (Lipinski definition) is 1. The Morgan fingerprint density at radius 2 is 1.90 bits per heavy atom. The van der Waals surface area contributed by atoms with Crippen LogP contribution < -0.4 is 10.1 Å². The number of benzene rings is 2. The molecule has 7 heteroatoms. The predicted octanol–water partition coefficient (Wildman–Crippen LogP) is 4.13. The number of ether oxygens (including phenoxy) is 1. The second kappa shape index (κ2) is 8.55. The normalized spacial score (nSPS) is 17.7. The van der Waals surface area contributed by atoms with Gasteiger partial charge in [-0.2, -0.15) is 4.31 Å². The van der Waals surface area contributed by atoms with Gasteiger partial charge in [0.15, 0.2) is 0 Å². The van der Waals surface area contributed by atoms with Gasteiger partial charge in [-0.25, -0.2) is 8.42 Å². The van der Waals surface area contributed by atoms with Crippen molar-refractivity contribution in [3.8, 4) is 5.75 Å². The number of carbonyl (C=O) groups is 1. The molecule has 3 rings (SSSR count). The quantitative estimate of drug-likeness (QED) is 0.795. The predicted molar refractivity (Wildman–Crippen MR) is 114 cm³/mol. The van der Waals surface area contributed by atoms with E-state index in [4.69, 9.17) is 4.74 Å². The minimum absolute atomic E-state index is 0.0300. The summed E-state index contributed by atoms with van der Waals surface area (Å²) in [5.74, 6) is -0.115. The Morgan fingerprint density at radius 3 is 2.59 bits per heavy atom. The summed E-state index contributed by atoms with van der Waals surface area (Å²) in [5, 5.41) is 2.88. The van der Waals surface area contributed by atoms with Gasteiger partial charge in [-0.1, -0.05) is 18.6 Å². The third kappa shape index (κ3) is 4.46. The summed E-state index contributed by atoms with van der Waals surface area (Å²) in [5.41, 5.74) is 2.95. The summed E-state index contributed by atoms with van der Waals surface area (Å²) in [4.78, 5) is 12.9. The molecule has 1 aliphatic heterocycles. The summed E-state index contributed by atoms with van der Waals surface area (Å²) in [6.07, 6.45) is 2.68. The van der Waals surface area contributed by atoms with Gasteiger partial charge in [0.1, 0.15) is 10.6 Å². The van der Waals surface area contributed by atoms with E-state index < -0.39 is 10.0 Å². The second-order valence-corrected chi connectivity index (χ2v) is 9.46. The van der Waals surface area contributed by atoms with Crippen LogP contribution in [0.5, 0.6) is 5.75 Å². The van der Waals surface area contributed by atoms with Crippen molar-refractivity contribution in [1.82, 2.24) is 4.31 Å². The van der Waals surface area contributed by atoms with Crippen molar-refractivity contribution >= 4 is 21.6 Å². The average molecular weight is 417 g/mol. The molecule has 1 N–H and O–H groups in total. The van der Waals surface area contributed by atoms with Crippen LogP contribution in [-0.4, -0.2) is 38.3 Å². The third-order valence-corrected chi connectivity index (χ3v) is 7.43. The van der Waals surface area contributed by atoms with Crippen LogP contribution >= 0.6 is 0 Å². The fourth-order valence-electron chi connectivity index (χ4n) is 3.64. The Kier molecular flexibility index (Phi) is 6.29. The van der Waals surface area contributed by atoms with E-state index in [-0.39, 0.29) is 28.2 Å². The van der Waals surface area contributed by atoms with Gasteiger partial charge in [0.05, 0.1) is 7.11 Å². The maximum atomic E-state index is 13.3. The number of rotatable bonds is 5. The Labute approximate surface area is 172 Å². The highest BCUT2D eigenvalue weighted by Crippen LogP contribution is 2.32. The molecule has 1 saturated heterocycles. The number of carbonyl (C=O) groups excluding carboxylic acids is 1. The monoisotopic (exact) mass is 416 g/mol. The molecule has 2 aromatic carbocycles. The molecule has 1 atom stereocenters. The van der Waals surface area contributed by atoms with Gasteiger partial charge in [0.2, 0.25) is 10.0 Å². The van der Waals surface area contributed by atoms with E-state index in [9.17, 15) is 13.2 Å². The maximum Gasteiger partial charge on any atom is 0.255 e. The Morgan fingerprint density at radius 1 is 1.14 bits per heavy atom. The first-order valence-electron chi connectivity index (χ1n) is 9.82. The zero-order valence-corrected chi connectivity index (χ0v) is 18.2. The molecule has 0 unspecified atom stereocenters. The first-order chi connectivity index (χ1) is 13.7. The summed E-state index contributed by atoms with van der Waals surface area (Å²) in [6.45, 7) is 6.26. The first-order valence-corrected chi connectivity index (χ1v) is 11.3. The Balaban J connectivity index is 1.96. The van der Waals surface area contributed by atoms with Crippen LogP contribution in [0.1, 0.15) is 47.7 Å². The van der Waals surface area contributed by atoms with Crippen LogP contribution in [0.25, 0.3) is 0 Å².